The maximum atomic E-state index is 12.6. The van der Waals surface area contributed by atoms with Crippen molar-refractivity contribution >= 4 is 38.9 Å². The lowest BCUT2D eigenvalue weighted by atomic mass is 10.2. The minimum Gasteiger partial charge on any atom is -0.497 e. The Hall–Kier alpha value is -3.27. The summed E-state index contributed by atoms with van der Waals surface area (Å²) >= 11 is 6.13. The number of nitrogens with one attached hydrogen (secondary N) is 2. The number of nitrogens with two attached hydrogens (primary N) is 1. The van der Waals surface area contributed by atoms with Crippen LogP contribution in [0.1, 0.15) is 6.92 Å². The number of primary sulfonamides is 1. The van der Waals surface area contributed by atoms with Crippen molar-refractivity contribution in [1.29, 1.82) is 0 Å². The van der Waals surface area contributed by atoms with Crippen LogP contribution in [-0.2, 0) is 14.8 Å². The number of hydrogen-bond donors (Lipinski definition) is 3. The molecule has 4 N–H and O–H groups in total. The number of anilines is 2. The summed E-state index contributed by atoms with van der Waals surface area (Å²) in [6.07, 6.45) is 0. The lowest BCUT2D eigenvalue weighted by Gasteiger charge is -2.18. The van der Waals surface area contributed by atoms with Crippen molar-refractivity contribution in [3.63, 3.8) is 0 Å². The number of carbonyl (C=O) groups excluding carboxylic acids is 1. The first-order chi connectivity index (χ1) is 15.2. The molecule has 0 aliphatic heterocycles. The highest BCUT2D eigenvalue weighted by Crippen LogP contribution is 2.33. The van der Waals surface area contributed by atoms with Crippen molar-refractivity contribution in [2.45, 2.75) is 17.9 Å². The fourth-order valence-corrected chi connectivity index (χ4v) is 3.44. The number of rotatable bonds is 8. The third-order valence-electron chi connectivity index (χ3n) is 4.44. The van der Waals surface area contributed by atoms with Gasteiger partial charge in [-0.15, -0.1) is 0 Å². The second kappa shape index (κ2) is 9.90. The second-order valence-electron chi connectivity index (χ2n) is 6.84. The smallest absolute Gasteiger partial charge is 0.246 e. The molecule has 0 aromatic heterocycles. The van der Waals surface area contributed by atoms with Gasteiger partial charge in [0.25, 0.3) is 0 Å². The molecule has 0 fully saturated rings. The zero-order valence-electron chi connectivity index (χ0n) is 17.3. The van der Waals surface area contributed by atoms with Gasteiger partial charge in [0.15, 0.2) is 5.75 Å². The van der Waals surface area contributed by atoms with Gasteiger partial charge in [-0.3, -0.25) is 4.79 Å². The molecule has 3 rings (SSSR count). The Labute approximate surface area is 191 Å². The van der Waals surface area contributed by atoms with E-state index in [4.69, 9.17) is 26.2 Å². The number of hydrogen-bond acceptors (Lipinski definition) is 6. The van der Waals surface area contributed by atoms with Crippen LogP contribution in [-0.4, -0.2) is 27.5 Å². The lowest BCUT2D eigenvalue weighted by Crippen LogP contribution is -2.32. The number of sulfonamides is 1. The Bertz CT molecular complexity index is 1200. The van der Waals surface area contributed by atoms with E-state index in [1.54, 1.807) is 56.5 Å². The summed E-state index contributed by atoms with van der Waals surface area (Å²) in [6.45, 7) is 1.67. The molecule has 0 saturated heterocycles. The normalized spacial score (nSPS) is 12.0. The average Bonchev–Trinajstić information content (AvgIpc) is 2.76. The first kappa shape index (κ1) is 23.4. The van der Waals surface area contributed by atoms with Crippen molar-refractivity contribution < 1.29 is 22.7 Å². The predicted molar refractivity (Wildman–Crippen MR) is 124 cm³/mol. The molecule has 0 aliphatic carbocycles. The molecule has 8 nitrogen and oxygen atoms in total. The molecule has 0 bridgehead atoms. The maximum Gasteiger partial charge on any atom is 0.246 e. The Morgan fingerprint density at radius 3 is 2.22 bits per heavy atom. The van der Waals surface area contributed by atoms with Crippen LogP contribution in [0.15, 0.2) is 71.6 Å². The predicted octanol–water partition coefficient (Wildman–Crippen LogP) is 4.23. The van der Waals surface area contributed by atoms with Gasteiger partial charge >= 0.3 is 0 Å². The molecule has 168 valence electrons. The summed E-state index contributed by atoms with van der Waals surface area (Å²) in [4.78, 5) is 12.6. The van der Waals surface area contributed by atoms with Crippen LogP contribution in [0, 0.1) is 0 Å². The van der Waals surface area contributed by atoms with E-state index in [0.717, 1.165) is 0 Å². The van der Waals surface area contributed by atoms with Crippen LogP contribution in [0.5, 0.6) is 17.2 Å². The standard InChI is InChI=1S/C22H22ClN3O5S/c1-14(22(27)26-16-4-10-19(11-5-16)32(24,28)29)25-20-13-15(23)3-12-21(20)31-18-8-6-17(30-2)7-9-18/h3-14,25H,1-2H3,(H,26,27)(H2,24,28,29)/t14-/m0/s1. The number of ether oxygens (including phenoxy) is 2. The van der Waals surface area contributed by atoms with E-state index in [-0.39, 0.29) is 10.8 Å². The van der Waals surface area contributed by atoms with Gasteiger partial charge < -0.3 is 20.1 Å². The van der Waals surface area contributed by atoms with Crippen LogP contribution in [0.25, 0.3) is 0 Å². The Morgan fingerprint density at radius 1 is 1.00 bits per heavy atom. The Morgan fingerprint density at radius 2 is 1.62 bits per heavy atom. The maximum absolute atomic E-state index is 12.6. The van der Waals surface area contributed by atoms with E-state index < -0.39 is 16.1 Å². The number of carbonyl (C=O) groups is 1. The number of benzene rings is 3. The largest absolute Gasteiger partial charge is 0.497 e. The summed E-state index contributed by atoms with van der Waals surface area (Å²) in [5, 5.41) is 11.4. The van der Waals surface area contributed by atoms with Crippen LogP contribution >= 0.6 is 11.6 Å². The van der Waals surface area contributed by atoms with Gasteiger partial charge in [0.05, 0.1) is 17.7 Å². The zero-order valence-corrected chi connectivity index (χ0v) is 18.9. The zero-order chi connectivity index (χ0) is 23.3. The first-order valence-corrected chi connectivity index (χ1v) is 11.4. The lowest BCUT2D eigenvalue weighted by molar-refractivity contribution is -0.116. The van der Waals surface area contributed by atoms with E-state index in [1.165, 1.54) is 24.3 Å². The summed E-state index contributed by atoms with van der Waals surface area (Å²) in [5.74, 6) is 1.43. The molecular formula is C22H22ClN3O5S. The Kier molecular flexibility index (Phi) is 7.24. The first-order valence-electron chi connectivity index (χ1n) is 9.47. The van der Waals surface area contributed by atoms with Crippen molar-refractivity contribution in [2.24, 2.45) is 5.14 Å². The molecule has 0 heterocycles. The van der Waals surface area contributed by atoms with E-state index in [2.05, 4.69) is 10.6 Å². The Balaban J connectivity index is 1.71. The van der Waals surface area contributed by atoms with Gasteiger partial charge in [0, 0.05) is 10.7 Å². The van der Waals surface area contributed by atoms with Crippen LogP contribution in [0.4, 0.5) is 11.4 Å². The van der Waals surface area contributed by atoms with Crippen molar-refractivity contribution in [3.8, 4) is 17.2 Å². The van der Waals surface area contributed by atoms with Gasteiger partial charge in [0.2, 0.25) is 15.9 Å². The summed E-state index contributed by atoms with van der Waals surface area (Å²) in [5.41, 5.74) is 0.956. The third-order valence-corrected chi connectivity index (χ3v) is 5.61. The van der Waals surface area contributed by atoms with Crippen LogP contribution in [0.2, 0.25) is 5.02 Å². The molecule has 10 heteroatoms. The number of methoxy groups -OCH3 is 1. The number of halogens is 1. The molecule has 0 unspecified atom stereocenters. The molecule has 0 aliphatic rings. The molecule has 1 amide bonds. The van der Waals surface area contributed by atoms with Gasteiger partial charge in [-0.05, 0) is 73.7 Å². The second-order valence-corrected chi connectivity index (χ2v) is 8.84. The highest BCUT2D eigenvalue weighted by atomic mass is 35.5. The molecule has 0 radical (unpaired) electrons. The molecule has 0 saturated carbocycles. The third kappa shape index (κ3) is 6.13. The van der Waals surface area contributed by atoms with Gasteiger partial charge in [-0.25, -0.2) is 13.6 Å². The van der Waals surface area contributed by atoms with Gasteiger partial charge in [-0.2, -0.15) is 0 Å². The minimum absolute atomic E-state index is 0.0408. The van der Waals surface area contributed by atoms with Crippen LogP contribution < -0.4 is 25.2 Å². The van der Waals surface area contributed by atoms with Crippen molar-refractivity contribution in [1.82, 2.24) is 0 Å². The fourth-order valence-electron chi connectivity index (χ4n) is 2.75. The summed E-state index contributed by atoms with van der Waals surface area (Å²) in [6, 6.07) is 17.0. The van der Waals surface area contributed by atoms with Crippen molar-refractivity contribution in [2.75, 3.05) is 17.7 Å². The average molecular weight is 476 g/mol. The highest BCUT2D eigenvalue weighted by Gasteiger charge is 2.16. The van der Waals surface area contributed by atoms with Crippen LogP contribution in [0.3, 0.4) is 0 Å². The minimum atomic E-state index is -3.80. The van der Waals surface area contributed by atoms with E-state index >= 15 is 0 Å². The van der Waals surface area contributed by atoms with Crippen molar-refractivity contribution in [3.05, 3.63) is 71.8 Å². The quantitative estimate of drug-likeness (QED) is 0.448. The number of amides is 1. The fraction of sp³-hybridized carbons (Fsp3) is 0.136. The van der Waals surface area contributed by atoms with E-state index in [0.29, 0.717) is 33.6 Å². The highest BCUT2D eigenvalue weighted by molar-refractivity contribution is 7.89. The molecular weight excluding hydrogens is 454 g/mol. The molecule has 32 heavy (non-hydrogen) atoms. The molecule has 1 atom stereocenters. The van der Waals surface area contributed by atoms with E-state index in [9.17, 15) is 13.2 Å². The summed E-state index contributed by atoms with van der Waals surface area (Å²) < 4.78 is 33.8. The monoisotopic (exact) mass is 475 g/mol. The molecule has 0 spiro atoms. The summed E-state index contributed by atoms with van der Waals surface area (Å²) in [7, 11) is -2.22. The molecule has 3 aromatic carbocycles. The molecule has 3 aromatic rings. The van der Waals surface area contributed by atoms with Gasteiger partial charge in [0.1, 0.15) is 17.5 Å². The van der Waals surface area contributed by atoms with E-state index in [1.807, 2.05) is 0 Å². The van der Waals surface area contributed by atoms with Gasteiger partial charge in [-0.1, -0.05) is 11.6 Å². The topological polar surface area (TPSA) is 120 Å². The SMILES string of the molecule is COc1ccc(Oc2ccc(Cl)cc2N[C@@H](C)C(=O)Nc2ccc(S(N)(=O)=O)cc2)cc1.